The molecule has 106 valence electrons. The van der Waals surface area contributed by atoms with E-state index in [1.165, 1.54) is 0 Å². The Morgan fingerprint density at radius 1 is 1.38 bits per heavy atom. The fourth-order valence-electron chi connectivity index (χ4n) is 1.93. The summed E-state index contributed by atoms with van der Waals surface area (Å²) in [5.74, 6) is -0.0327. The summed E-state index contributed by atoms with van der Waals surface area (Å²) in [6.07, 6.45) is 1.77. The molecule has 5 nitrogen and oxygen atoms in total. The van der Waals surface area contributed by atoms with E-state index in [4.69, 9.17) is 11.0 Å². The van der Waals surface area contributed by atoms with Gasteiger partial charge in [0.05, 0.1) is 29.9 Å². The molecule has 0 aliphatic rings. The minimum absolute atomic E-state index is 0.0327. The van der Waals surface area contributed by atoms with Gasteiger partial charge in [0, 0.05) is 19.3 Å². The third kappa shape index (κ3) is 4.05. The standard InChI is InChI=1S/C16H16N4O/c1-20(11-13-4-2-3-12(7-13)9-17)16(21)8-15-6-5-14(18)10-19-15/h2-7,10H,8,11,18H2,1H3. The third-order valence-corrected chi connectivity index (χ3v) is 3.08. The molecule has 0 unspecified atom stereocenters. The van der Waals surface area contributed by atoms with Crippen LogP contribution in [0, 0.1) is 11.3 Å². The highest BCUT2D eigenvalue weighted by molar-refractivity contribution is 5.78. The number of nitrogens with two attached hydrogens (primary N) is 1. The summed E-state index contributed by atoms with van der Waals surface area (Å²) in [6.45, 7) is 0.462. The second-order valence-electron chi connectivity index (χ2n) is 4.82. The average Bonchev–Trinajstić information content (AvgIpc) is 2.49. The molecule has 0 aliphatic carbocycles. The zero-order valence-corrected chi connectivity index (χ0v) is 11.8. The average molecular weight is 280 g/mol. The molecule has 1 amide bonds. The molecule has 1 aromatic heterocycles. The van der Waals surface area contributed by atoms with Crippen molar-refractivity contribution < 1.29 is 4.79 Å². The minimum atomic E-state index is -0.0327. The lowest BCUT2D eigenvalue weighted by molar-refractivity contribution is -0.129. The van der Waals surface area contributed by atoms with Gasteiger partial charge in [0.25, 0.3) is 0 Å². The zero-order valence-electron chi connectivity index (χ0n) is 11.8. The molecule has 1 aromatic carbocycles. The SMILES string of the molecule is CN(Cc1cccc(C#N)c1)C(=O)Cc1ccc(N)cn1. The van der Waals surface area contributed by atoms with E-state index in [2.05, 4.69) is 11.1 Å². The predicted octanol–water partition coefficient (Wildman–Crippen LogP) is 1.74. The number of hydrogen-bond acceptors (Lipinski definition) is 4. The number of likely N-dealkylation sites (N-methyl/N-ethyl adjacent to an activating group) is 1. The van der Waals surface area contributed by atoms with Crippen molar-refractivity contribution in [3.05, 3.63) is 59.4 Å². The fraction of sp³-hybridized carbons (Fsp3) is 0.188. The molecule has 5 heteroatoms. The first-order valence-corrected chi connectivity index (χ1v) is 6.52. The van der Waals surface area contributed by atoms with E-state index in [0.717, 1.165) is 5.56 Å². The largest absolute Gasteiger partial charge is 0.397 e. The molecular weight excluding hydrogens is 264 g/mol. The van der Waals surface area contributed by atoms with E-state index < -0.39 is 0 Å². The summed E-state index contributed by atoms with van der Waals surface area (Å²) in [6, 6.07) is 12.8. The van der Waals surface area contributed by atoms with Crippen LogP contribution in [-0.4, -0.2) is 22.8 Å². The Morgan fingerprint density at radius 3 is 2.86 bits per heavy atom. The molecule has 1 heterocycles. The van der Waals surface area contributed by atoms with Crippen LogP contribution in [-0.2, 0) is 17.8 Å². The van der Waals surface area contributed by atoms with Gasteiger partial charge >= 0.3 is 0 Å². The lowest BCUT2D eigenvalue weighted by Gasteiger charge is -2.17. The number of carbonyl (C=O) groups excluding carboxylic acids is 1. The van der Waals surface area contributed by atoms with Crippen LogP contribution in [0.3, 0.4) is 0 Å². The Balaban J connectivity index is 1.99. The lowest BCUT2D eigenvalue weighted by atomic mass is 10.1. The van der Waals surface area contributed by atoms with Crippen molar-refractivity contribution >= 4 is 11.6 Å². The van der Waals surface area contributed by atoms with Crippen molar-refractivity contribution in [2.75, 3.05) is 12.8 Å². The van der Waals surface area contributed by atoms with Crippen LogP contribution in [0.25, 0.3) is 0 Å². The van der Waals surface area contributed by atoms with Gasteiger partial charge in [-0.05, 0) is 29.8 Å². The number of benzene rings is 1. The van der Waals surface area contributed by atoms with E-state index in [-0.39, 0.29) is 12.3 Å². The van der Waals surface area contributed by atoms with Crippen LogP contribution in [0.5, 0.6) is 0 Å². The maximum atomic E-state index is 12.1. The van der Waals surface area contributed by atoms with Crippen LogP contribution in [0.1, 0.15) is 16.8 Å². The number of anilines is 1. The molecule has 0 atom stereocenters. The van der Waals surface area contributed by atoms with Gasteiger partial charge < -0.3 is 10.6 Å². The van der Waals surface area contributed by atoms with E-state index in [0.29, 0.717) is 23.5 Å². The number of nitrogens with zero attached hydrogens (tertiary/aromatic N) is 3. The Morgan fingerprint density at radius 2 is 2.19 bits per heavy atom. The van der Waals surface area contributed by atoms with Crippen LogP contribution in [0.2, 0.25) is 0 Å². The van der Waals surface area contributed by atoms with Crippen molar-refractivity contribution in [2.45, 2.75) is 13.0 Å². The summed E-state index contributed by atoms with van der Waals surface area (Å²) in [5, 5.41) is 8.87. The molecule has 0 saturated carbocycles. The van der Waals surface area contributed by atoms with Gasteiger partial charge in [0.1, 0.15) is 0 Å². The normalized spacial score (nSPS) is 9.90. The number of rotatable bonds is 4. The second-order valence-corrected chi connectivity index (χ2v) is 4.82. The summed E-state index contributed by atoms with van der Waals surface area (Å²) >= 11 is 0. The van der Waals surface area contributed by atoms with Crippen molar-refractivity contribution in [3.63, 3.8) is 0 Å². The zero-order chi connectivity index (χ0) is 15.2. The predicted molar refractivity (Wildman–Crippen MR) is 80.0 cm³/mol. The molecular formula is C16H16N4O. The highest BCUT2D eigenvalue weighted by atomic mass is 16.2. The number of nitriles is 1. The number of amides is 1. The number of aromatic nitrogens is 1. The molecule has 0 aliphatic heterocycles. The monoisotopic (exact) mass is 280 g/mol. The van der Waals surface area contributed by atoms with Crippen LogP contribution >= 0.6 is 0 Å². The number of carbonyl (C=O) groups is 1. The molecule has 0 bridgehead atoms. The van der Waals surface area contributed by atoms with Crippen molar-refractivity contribution in [2.24, 2.45) is 0 Å². The van der Waals surface area contributed by atoms with Gasteiger partial charge in [-0.25, -0.2) is 0 Å². The topological polar surface area (TPSA) is 83.0 Å². The van der Waals surface area contributed by atoms with Gasteiger partial charge in [0.15, 0.2) is 0 Å². The molecule has 2 rings (SSSR count). The maximum absolute atomic E-state index is 12.1. The number of nitrogen functional groups attached to an aromatic ring is 1. The minimum Gasteiger partial charge on any atom is -0.397 e. The van der Waals surface area contributed by atoms with Gasteiger partial charge in [-0.2, -0.15) is 5.26 Å². The molecule has 2 aromatic rings. The number of hydrogen-bond donors (Lipinski definition) is 1. The Labute approximate surface area is 123 Å². The molecule has 0 radical (unpaired) electrons. The number of pyridine rings is 1. The highest BCUT2D eigenvalue weighted by Crippen LogP contribution is 2.09. The van der Waals surface area contributed by atoms with Gasteiger partial charge in [0.2, 0.25) is 5.91 Å². The molecule has 0 spiro atoms. The van der Waals surface area contributed by atoms with Gasteiger partial charge in [-0.3, -0.25) is 9.78 Å². The Hall–Kier alpha value is -2.87. The Kier molecular flexibility index (Phi) is 4.52. The smallest absolute Gasteiger partial charge is 0.228 e. The first-order valence-electron chi connectivity index (χ1n) is 6.52. The Bertz CT molecular complexity index is 673. The molecule has 2 N–H and O–H groups in total. The summed E-state index contributed by atoms with van der Waals surface area (Å²) in [7, 11) is 1.73. The van der Waals surface area contributed by atoms with Crippen LogP contribution < -0.4 is 5.73 Å². The first-order chi connectivity index (χ1) is 10.1. The molecule has 21 heavy (non-hydrogen) atoms. The summed E-state index contributed by atoms with van der Waals surface area (Å²) in [4.78, 5) is 17.9. The quantitative estimate of drug-likeness (QED) is 0.924. The third-order valence-electron chi connectivity index (χ3n) is 3.08. The first kappa shape index (κ1) is 14.5. The maximum Gasteiger partial charge on any atom is 0.228 e. The lowest BCUT2D eigenvalue weighted by Crippen LogP contribution is -2.28. The van der Waals surface area contributed by atoms with E-state index in [1.807, 2.05) is 12.1 Å². The van der Waals surface area contributed by atoms with E-state index >= 15 is 0 Å². The van der Waals surface area contributed by atoms with Crippen molar-refractivity contribution in [1.29, 1.82) is 5.26 Å². The summed E-state index contributed by atoms with van der Waals surface area (Å²) in [5.41, 5.74) is 8.34. The van der Waals surface area contributed by atoms with Gasteiger partial charge in [-0.1, -0.05) is 12.1 Å². The molecule has 0 fully saturated rings. The highest BCUT2D eigenvalue weighted by Gasteiger charge is 2.11. The second kappa shape index (κ2) is 6.53. The van der Waals surface area contributed by atoms with E-state index in [9.17, 15) is 4.79 Å². The van der Waals surface area contributed by atoms with Crippen molar-refractivity contribution in [3.8, 4) is 6.07 Å². The van der Waals surface area contributed by atoms with Gasteiger partial charge in [-0.15, -0.1) is 0 Å². The van der Waals surface area contributed by atoms with E-state index in [1.54, 1.807) is 42.4 Å². The fourth-order valence-corrected chi connectivity index (χ4v) is 1.93. The molecule has 0 saturated heterocycles. The summed E-state index contributed by atoms with van der Waals surface area (Å²) < 4.78 is 0. The van der Waals surface area contributed by atoms with Crippen LogP contribution in [0.15, 0.2) is 42.6 Å². The van der Waals surface area contributed by atoms with Crippen molar-refractivity contribution in [1.82, 2.24) is 9.88 Å². The van der Waals surface area contributed by atoms with Crippen LogP contribution in [0.4, 0.5) is 5.69 Å².